The molecule has 3 N–H and O–H groups in total. The Balaban J connectivity index is 2.05. The molecule has 1 fully saturated rings. The van der Waals surface area contributed by atoms with Crippen LogP contribution in [0.25, 0.3) is 0 Å². The maximum absolute atomic E-state index is 13.6. The molecule has 1 amide bonds. The molecule has 1 aliphatic rings. The molecular formula is C14H19FN2O2. The lowest BCUT2D eigenvalue weighted by Crippen LogP contribution is -2.39. The van der Waals surface area contributed by atoms with Crippen LogP contribution in [0.1, 0.15) is 29.6 Å². The molecular weight excluding hydrogens is 247 g/mol. The van der Waals surface area contributed by atoms with Gasteiger partial charge in [-0.15, -0.1) is 0 Å². The molecule has 0 aromatic heterocycles. The first-order valence-corrected chi connectivity index (χ1v) is 6.60. The summed E-state index contributed by atoms with van der Waals surface area (Å²) in [4.78, 5) is 13.8. The lowest BCUT2D eigenvalue weighted by Gasteiger charge is -2.32. The van der Waals surface area contributed by atoms with E-state index in [0.29, 0.717) is 25.6 Å². The highest BCUT2D eigenvalue weighted by molar-refractivity contribution is 5.97. The first-order valence-electron chi connectivity index (χ1n) is 6.60. The van der Waals surface area contributed by atoms with Crippen LogP contribution >= 0.6 is 0 Å². The number of rotatable bonds is 3. The van der Waals surface area contributed by atoms with Gasteiger partial charge < -0.3 is 15.7 Å². The molecule has 104 valence electrons. The zero-order valence-corrected chi connectivity index (χ0v) is 10.8. The molecule has 19 heavy (non-hydrogen) atoms. The number of aromatic hydroxyl groups is 1. The summed E-state index contributed by atoms with van der Waals surface area (Å²) in [6.45, 7) is 1.85. The maximum atomic E-state index is 13.6. The van der Waals surface area contributed by atoms with E-state index in [4.69, 9.17) is 5.73 Å². The van der Waals surface area contributed by atoms with E-state index in [1.807, 2.05) is 0 Å². The van der Waals surface area contributed by atoms with Crippen molar-refractivity contribution in [3.05, 3.63) is 29.6 Å². The number of carbonyl (C=O) groups excluding carboxylic acids is 1. The zero-order valence-electron chi connectivity index (χ0n) is 10.8. The van der Waals surface area contributed by atoms with Gasteiger partial charge in [-0.3, -0.25) is 4.79 Å². The summed E-state index contributed by atoms with van der Waals surface area (Å²) >= 11 is 0. The van der Waals surface area contributed by atoms with Gasteiger partial charge in [0, 0.05) is 13.1 Å². The first kappa shape index (κ1) is 13.8. The van der Waals surface area contributed by atoms with Crippen LogP contribution in [0.5, 0.6) is 5.75 Å². The van der Waals surface area contributed by atoms with Crippen molar-refractivity contribution in [2.75, 3.05) is 19.6 Å². The Morgan fingerprint density at radius 2 is 2.11 bits per heavy atom. The van der Waals surface area contributed by atoms with Gasteiger partial charge in [0.1, 0.15) is 17.1 Å². The van der Waals surface area contributed by atoms with Gasteiger partial charge in [-0.05, 0) is 43.9 Å². The highest BCUT2D eigenvalue weighted by atomic mass is 19.1. The van der Waals surface area contributed by atoms with Gasteiger partial charge in [0.2, 0.25) is 0 Å². The van der Waals surface area contributed by atoms with Crippen LogP contribution < -0.4 is 5.73 Å². The Hall–Kier alpha value is -1.62. The quantitative estimate of drug-likeness (QED) is 0.875. The third kappa shape index (κ3) is 3.04. The topological polar surface area (TPSA) is 66.6 Å². The van der Waals surface area contributed by atoms with Gasteiger partial charge in [0.05, 0.1) is 0 Å². The number of halogens is 1. The fourth-order valence-electron chi connectivity index (χ4n) is 2.54. The summed E-state index contributed by atoms with van der Waals surface area (Å²) in [6.07, 6.45) is 2.74. The number of likely N-dealkylation sites (tertiary alicyclic amines) is 1. The molecule has 0 atom stereocenters. The van der Waals surface area contributed by atoms with Gasteiger partial charge in [-0.25, -0.2) is 4.39 Å². The molecule has 1 aromatic rings. The first-order chi connectivity index (χ1) is 9.13. The second kappa shape index (κ2) is 6.02. The molecule has 5 heteroatoms. The summed E-state index contributed by atoms with van der Waals surface area (Å²) in [5, 5.41) is 9.62. The number of benzene rings is 1. The molecule has 0 bridgehead atoms. The van der Waals surface area contributed by atoms with E-state index in [2.05, 4.69) is 0 Å². The van der Waals surface area contributed by atoms with Gasteiger partial charge >= 0.3 is 0 Å². The van der Waals surface area contributed by atoms with E-state index in [1.165, 1.54) is 18.2 Å². The van der Waals surface area contributed by atoms with Crippen molar-refractivity contribution in [1.82, 2.24) is 4.90 Å². The van der Waals surface area contributed by atoms with Gasteiger partial charge in [-0.2, -0.15) is 0 Å². The molecule has 0 aliphatic carbocycles. The second-order valence-electron chi connectivity index (χ2n) is 4.95. The van der Waals surface area contributed by atoms with E-state index in [0.717, 1.165) is 19.3 Å². The van der Waals surface area contributed by atoms with Crippen molar-refractivity contribution in [3.63, 3.8) is 0 Å². The Morgan fingerprint density at radius 1 is 1.42 bits per heavy atom. The Kier molecular flexibility index (Phi) is 4.37. The SMILES string of the molecule is NCCC1CCN(C(=O)c2c(O)cccc2F)CC1. The number of hydrogen-bond donors (Lipinski definition) is 2. The summed E-state index contributed by atoms with van der Waals surface area (Å²) < 4.78 is 13.6. The Morgan fingerprint density at radius 3 is 2.68 bits per heavy atom. The van der Waals surface area contributed by atoms with Gasteiger partial charge in [0.15, 0.2) is 0 Å². The third-order valence-corrected chi connectivity index (χ3v) is 3.68. The number of nitrogens with two attached hydrogens (primary N) is 1. The lowest BCUT2D eigenvalue weighted by molar-refractivity contribution is 0.0680. The van der Waals surface area contributed by atoms with Crippen LogP contribution in [0.3, 0.4) is 0 Å². The minimum atomic E-state index is -0.672. The van der Waals surface area contributed by atoms with Crippen LogP contribution in [0.15, 0.2) is 18.2 Å². The van der Waals surface area contributed by atoms with Gasteiger partial charge in [-0.1, -0.05) is 6.07 Å². The maximum Gasteiger partial charge on any atom is 0.260 e. The van der Waals surface area contributed by atoms with Crippen molar-refractivity contribution in [3.8, 4) is 5.75 Å². The standard InChI is InChI=1S/C14H19FN2O2/c15-11-2-1-3-12(18)13(11)14(19)17-8-5-10(4-7-16)6-9-17/h1-3,10,18H,4-9,16H2. The average Bonchev–Trinajstić information content (AvgIpc) is 2.39. The van der Waals surface area contributed by atoms with E-state index in [9.17, 15) is 14.3 Å². The van der Waals surface area contributed by atoms with Crippen molar-refractivity contribution in [2.24, 2.45) is 11.7 Å². The number of amides is 1. The lowest BCUT2D eigenvalue weighted by atomic mass is 9.93. The summed E-state index contributed by atoms with van der Waals surface area (Å²) in [5.41, 5.74) is 5.30. The average molecular weight is 266 g/mol. The minimum Gasteiger partial charge on any atom is -0.507 e. The molecule has 0 spiro atoms. The fourth-order valence-corrected chi connectivity index (χ4v) is 2.54. The second-order valence-corrected chi connectivity index (χ2v) is 4.95. The Bertz CT molecular complexity index is 437. The number of nitrogens with zero attached hydrogens (tertiary/aromatic N) is 1. The molecule has 1 aromatic carbocycles. The van der Waals surface area contributed by atoms with Crippen molar-refractivity contribution < 1.29 is 14.3 Å². The van der Waals surface area contributed by atoms with Crippen LogP contribution in [0, 0.1) is 11.7 Å². The molecule has 0 unspecified atom stereocenters. The molecule has 1 aliphatic heterocycles. The normalized spacial score (nSPS) is 16.6. The molecule has 4 nitrogen and oxygen atoms in total. The highest BCUT2D eigenvalue weighted by Gasteiger charge is 2.26. The molecule has 1 saturated heterocycles. The summed E-state index contributed by atoms with van der Waals surface area (Å²) in [7, 11) is 0. The summed E-state index contributed by atoms with van der Waals surface area (Å²) in [5.74, 6) is -0.853. The monoisotopic (exact) mass is 266 g/mol. The van der Waals surface area contributed by atoms with E-state index < -0.39 is 11.7 Å². The van der Waals surface area contributed by atoms with Gasteiger partial charge in [0.25, 0.3) is 5.91 Å². The minimum absolute atomic E-state index is 0.222. The van der Waals surface area contributed by atoms with Crippen LogP contribution in [-0.4, -0.2) is 35.5 Å². The smallest absolute Gasteiger partial charge is 0.260 e. The van der Waals surface area contributed by atoms with E-state index >= 15 is 0 Å². The van der Waals surface area contributed by atoms with Crippen molar-refractivity contribution >= 4 is 5.91 Å². The summed E-state index contributed by atoms with van der Waals surface area (Å²) in [6, 6.07) is 3.90. The largest absolute Gasteiger partial charge is 0.507 e. The highest BCUT2D eigenvalue weighted by Crippen LogP contribution is 2.25. The third-order valence-electron chi connectivity index (χ3n) is 3.68. The predicted molar refractivity (Wildman–Crippen MR) is 70.4 cm³/mol. The molecule has 0 saturated carbocycles. The van der Waals surface area contributed by atoms with Crippen LogP contribution in [0.2, 0.25) is 0 Å². The van der Waals surface area contributed by atoms with Crippen molar-refractivity contribution in [1.29, 1.82) is 0 Å². The molecule has 1 heterocycles. The number of phenolic OH excluding ortho intramolecular Hbond substituents is 1. The zero-order chi connectivity index (χ0) is 13.8. The molecule has 0 radical (unpaired) electrons. The van der Waals surface area contributed by atoms with E-state index in [-0.39, 0.29) is 11.3 Å². The van der Waals surface area contributed by atoms with Crippen LogP contribution in [-0.2, 0) is 0 Å². The number of hydrogen-bond acceptors (Lipinski definition) is 3. The molecule has 2 rings (SSSR count). The van der Waals surface area contributed by atoms with Crippen LogP contribution in [0.4, 0.5) is 4.39 Å². The van der Waals surface area contributed by atoms with E-state index in [1.54, 1.807) is 4.90 Å². The predicted octanol–water partition coefficient (Wildman–Crippen LogP) is 1.73. The fraction of sp³-hybridized carbons (Fsp3) is 0.500. The Labute approximate surface area is 112 Å². The number of phenols is 1. The number of carbonyl (C=O) groups is 1. The van der Waals surface area contributed by atoms with Crippen molar-refractivity contribution in [2.45, 2.75) is 19.3 Å². The number of piperidine rings is 1.